The summed E-state index contributed by atoms with van der Waals surface area (Å²) in [5.41, 5.74) is 1.86. The summed E-state index contributed by atoms with van der Waals surface area (Å²) in [4.78, 5) is 11.5. The number of aryl methyl sites for hydroxylation is 1. The molecule has 132 valence electrons. The molecule has 0 amide bonds. The van der Waals surface area contributed by atoms with Gasteiger partial charge in [0.05, 0.1) is 21.9 Å². The summed E-state index contributed by atoms with van der Waals surface area (Å²) < 4.78 is 27.4. The van der Waals surface area contributed by atoms with Crippen LogP contribution < -0.4 is 5.32 Å². The van der Waals surface area contributed by atoms with Gasteiger partial charge in [-0.05, 0) is 19.5 Å². The van der Waals surface area contributed by atoms with Crippen LogP contribution in [0.1, 0.15) is 16.7 Å². The van der Waals surface area contributed by atoms with E-state index in [1.54, 1.807) is 11.3 Å². The monoisotopic (exact) mass is 362 g/mol. The van der Waals surface area contributed by atoms with Crippen LogP contribution in [0.2, 0.25) is 0 Å². The van der Waals surface area contributed by atoms with Crippen LogP contribution in [0.25, 0.3) is 0 Å². The minimum absolute atomic E-state index is 0.439. The third kappa shape index (κ3) is 3.02. The Kier molecular flexibility index (Phi) is 4.21. The second kappa shape index (κ2) is 6.38. The molecule has 1 aromatic heterocycles. The number of hydrogen-bond donors (Lipinski definition) is 1. The van der Waals surface area contributed by atoms with Crippen molar-refractivity contribution < 1.29 is 8.78 Å². The fraction of sp³-hybridized carbons (Fsp3) is 0.389. The molecule has 0 bridgehead atoms. The summed E-state index contributed by atoms with van der Waals surface area (Å²) in [6.07, 6.45) is 0.931. The number of piperazine rings is 1. The Balaban J connectivity index is 1.84. The van der Waals surface area contributed by atoms with E-state index in [-0.39, 0.29) is 0 Å². The van der Waals surface area contributed by atoms with Gasteiger partial charge >= 0.3 is 0 Å². The Labute approximate surface area is 149 Å². The Morgan fingerprint density at radius 3 is 2.52 bits per heavy atom. The molecule has 1 N–H and O–H groups in total. The molecule has 2 aromatic rings. The van der Waals surface area contributed by atoms with Crippen LogP contribution in [0.3, 0.4) is 0 Å². The van der Waals surface area contributed by atoms with Gasteiger partial charge in [-0.15, -0.1) is 11.3 Å². The number of thiophene rings is 1. The van der Waals surface area contributed by atoms with Crippen molar-refractivity contribution in [1.82, 2.24) is 9.80 Å². The number of benzene rings is 1. The fourth-order valence-electron chi connectivity index (χ4n) is 3.15. The molecule has 0 radical (unpaired) electrons. The molecule has 0 aliphatic carbocycles. The molecular weight excluding hydrogens is 342 g/mol. The van der Waals surface area contributed by atoms with Crippen LogP contribution in [0.5, 0.6) is 0 Å². The average Bonchev–Trinajstić information content (AvgIpc) is 2.94. The summed E-state index contributed by atoms with van der Waals surface area (Å²) in [6, 6.07) is 4.45. The molecule has 25 heavy (non-hydrogen) atoms. The van der Waals surface area contributed by atoms with Gasteiger partial charge in [0.15, 0.2) is 11.6 Å². The number of anilines is 2. The van der Waals surface area contributed by atoms with Gasteiger partial charge < -0.3 is 15.1 Å². The van der Waals surface area contributed by atoms with Gasteiger partial charge in [-0.2, -0.15) is 0 Å². The lowest BCUT2D eigenvalue weighted by Gasteiger charge is -2.34. The number of aliphatic imine (C=N–C) groups is 1. The average molecular weight is 362 g/mol. The predicted octanol–water partition coefficient (Wildman–Crippen LogP) is 3.97. The van der Waals surface area contributed by atoms with Crippen molar-refractivity contribution in [3.05, 3.63) is 39.6 Å². The van der Waals surface area contributed by atoms with Gasteiger partial charge in [-0.3, -0.25) is 0 Å². The van der Waals surface area contributed by atoms with E-state index in [2.05, 4.69) is 35.2 Å². The summed E-state index contributed by atoms with van der Waals surface area (Å²) in [7, 11) is 2.10. The molecule has 0 unspecified atom stereocenters. The molecule has 7 heteroatoms. The second-order valence-corrected chi connectivity index (χ2v) is 7.58. The molecular formula is C18H20F2N4S. The maximum atomic E-state index is 13.7. The third-order valence-electron chi connectivity index (χ3n) is 4.67. The molecule has 0 atom stereocenters. The zero-order valence-corrected chi connectivity index (χ0v) is 15.1. The molecule has 2 aliphatic rings. The largest absolute Gasteiger partial charge is 0.353 e. The normalized spacial score (nSPS) is 17.4. The minimum Gasteiger partial charge on any atom is -0.353 e. The number of nitrogens with one attached hydrogen (secondary N) is 1. The highest BCUT2D eigenvalue weighted by Crippen LogP contribution is 2.40. The first-order chi connectivity index (χ1) is 12.0. The van der Waals surface area contributed by atoms with E-state index in [4.69, 9.17) is 4.99 Å². The number of fused-ring (bicyclic) bond motifs is 2. The van der Waals surface area contributed by atoms with Crippen molar-refractivity contribution in [3.8, 4) is 0 Å². The van der Waals surface area contributed by atoms with Crippen LogP contribution in [0, 0.1) is 11.6 Å². The summed E-state index contributed by atoms with van der Waals surface area (Å²) in [5.74, 6) is -0.886. The molecule has 4 rings (SSSR count). The van der Waals surface area contributed by atoms with Gasteiger partial charge in [-0.1, -0.05) is 6.92 Å². The van der Waals surface area contributed by atoms with Crippen molar-refractivity contribution in [2.45, 2.75) is 13.3 Å². The summed E-state index contributed by atoms with van der Waals surface area (Å²) in [6.45, 7) is 5.76. The molecule has 0 saturated carbocycles. The van der Waals surface area contributed by atoms with Crippen molar-refractivity contribution in [2.75, 3.05) is 38.5 Å². The third-order valence-corrected chi connectivity index (χ3v) is 5.95. The number of nitrogens with zero attached hydrogens (tertiary/aromatic N) is 3. The number of hydrogen-bond acceptors (Lipinski definition) is 5. The molecule has 1 aromatic carbocycles. The molecule has 2 aliphatic heterocycles. The number of likely N-dealkylation sites (N-methyl/N-ethyl adjacent to an activating group) is 1. The van der Waals surface area contributed by atoms with E-state index in [9.17, 15) is 8.78 Å². The van der Waals surface area contributed by atoms with Crippen LogP contribution in [-0.2, 0) is 6.42 Å². The molecule has 1 saturated heterocycles. The quantitative estimate of drug-likeness (QED) is 0.833. The Morgan fingerprint density at radius 2 is 1.80 bits per heavy atom. The van der Waals surface area contributed by atoms with Crippen molar-refractivity contribution in [1.29, 1.82) is 0 Å². The van der Waals surface area contributed by atoms with E-state index in [0.29, 0.717) is 11.4 Å². The molecule has 1 fully saturated rings. The molecule has 0 spiro atoms. The van der Waals surface area contributed by atoms with Crippen LogP contribution in [0.15, 0.2) is 23.2 Å². The first kappa shape index (κ1) is 16.5. The number of halogens is 2. The van der Waals surface area contributed by atoms with Gasteiger partial charge in [0.1, 0.15) is 5.84 Å². The Bertz CT molecular complexity index is 838. The highest BCUT2D eigenvalue weighted by Gasteiger charge is 2.26. The van der Waals surface area contributed by atoms with E-state index in [0.717, 1.165) is 49.0 Å². The number of amidine groups is 1. The standard InChI is InChI=1S/C18H20F2N4S/c1-3-11-8-16-17(25-11)18(24-6-4-23(2)5-7-24)22-15-10-13(20)12(19)9-14(15)21-16/h8-10,21H,3-7H2,1-2H3. The zero-order valence-electron chi connectivity index (χ0n) is 14.3. The van der Waals surface area contributed by atoms with E-state index < -0.39 is 11.6 Å². The van der Waals surface area contributed by atoms with Crippen LogP contribution in [-0.4, -0.2) is 48.9 Å². The minimum atomic E-state index is -0.874. The highest BCUT2D eigenvalue weighted by atomic mass is 32.1. The van der Waals surface area contributed by atoms with Gasteiger partial charge in [0.25, 0.3) is 0 Å². The maximum absolute atomic E-state index is 13.7. The summed E-state index contributed by atoms with van der Waals surface area (Å²) >= 11 is 1.69. The van der Waals surface area contributed by atoms with Crippen molar-refractivity contribution in [2.24, 2.45) is 4.99 Å². The van der Waals surface area contributed by atoms with E-state index >= 15 is 0 Å². The Morgan fingerprint density at radius 1 is 1.08 bits per heavy atom. The van der Waals surface area contributed by atoms with Crippen molar-refractivity contribution >= 4 is 34.2 Å². The number of rotatable bonds is 1. The molecule has 3 heterocycles. The lowest BCUT2D eigenvalue weighted by atomic mass is 10.2. The van der Waals surface area contributed by atoms with Crippen LogP contribution >= 0.6 is 11.3 Å². The topological polar surface area (TPSA) is 30.9 Å². The van der Waals surface area contributed by atoms with Gasteiger partial charge in [0.2, 0.25) is 0 Å². The lowest BCUT2D eigenvalue weighted by Crippen LogP contribution is -2.47. The smallest absolute Gasteiger partial charge is 0.161 e. The van der Waals surface area contributed by atoms with E-state index in [1.807, 2.05) is 0 Å². The lowest BCUT2D eigenvalue weighted by molar-refractivity contribution is 0.216. The van der Waals surface area contributed by atoms with Crippen molar-refractivity contribution in [3.63, 3.8) is 0 Å². The first-order valence-electron chi connectivity index (χ1n) is 8.46. The maximum Gasteiger partial charge on any atom is 0.161 e. The molecule has 4 nitrogen and oxygen atoms in total. The van der Waals surface area contributed by atoms with Gasteiger partial charge in [-0.25, -0.2) is 13.8 Å². The van der Waals surface area contributed by atoms with Crippen LogP contribution in [0.4, 0.5) is 25.8 Å². The second-order valence-electron chi connectivity index (χ2n) is 6.44. The Hall–Kier alpha value is -1.99. The fourth-order valence-corrected chi connectivity index (χ4v) is 4.22. The zero-order chi connectivity index (χ0) is 17.6. The van der Waals surface area contributed by atoms with Gasteiger partial charge in [0, 0.05) is 43.2 Å². The summed E-state index contributed by atoms with van der Waals surface area (Å²) in [5, 5.41) is 3.26. The predicted molar refractivity (Wildman–Crippen MR) is 98.6 cm³/mol. The highest BCUT2D eigenvalue weighted by molar-refractivity contribution is 7.14. The SMILES string of the molecule is CCc1cc2c(s1)C(N1CCN(C)CC1)=Nc1cc(F)c(F)cc1N2. The van der Waals surface area contributed by atoms with E-state index in [1.165, 1.54) is 17.0 Å². The first-order valence-corrected chi connectivity index (χ1v) is 9.28.